The molecule has 1 N–H and O–H groups in total. The van der Waals surface area contributed by atoms with Crippen LogP contribution in [0, 0.1) is 0 Å². The second kappa shape index (κ2) is 9.75. The number of anilines is 1. The Morgan fingerprint density at radius 3 is 2.20 bits per heavy atom. The van der Waals surface area contributed by atoms with Gasteiger partial charge in [0.15, 0.2) is 0 Å². The van der Waals surface area contributed by atoms with Gasteiger partial charge in [-0.2, -0.15) is 0 Å². The molecule has 0 fully saturated rings. The number of nitrogens with one attached hydrogen (secondary N) is 1. The second-order valence-electron chi connectivity index (χ2n) is 6.85. The summed E-state index contributed by atoms with van der Waals surface area (Å²) in [6.07, 6.45) is 2.34. The summed E-state index contributed by atoms with van der Waals surface area (Å²) in [4.78, 5) is 38.2. The van der Waals surface area contributed by atoms with Crippen molar-refractivity contribution >= 4 is 39.3 Å². The SMILES string of the molecule is COc1cc(NC(=O)CCCCCN2C(=O)c3ccccc3C2=O)c(OC)cc1Br. The summed E-state index contributed by atoms with van der Waals surface area (Å²) in [5, 5.41) is 2.84. The van der Waals surface area contributed by atoms with Crippen LogP contribution in [0.2, 0.25) is 0 Å². The number of imide groups is 1. The largest absolute Gasteiger partial charge is 0.495 e. The molecule has 0 aromatic heterocycles. The van der Waals surface area contributed by atoms with Crippen LogP contribution in [0.1, 0.15) is 46.4 Å². The lowest BCUT2D eigenvalue weighted by molar-refractivity contribution is -0.116. The van der Waals surface area contributed by atoms with E-state index in [0.717, 1.165) is 10.9 Å². The molecule has 2 aromatic rings. The summed E-state index contributed by atoms with van der Waals surface area (Å²) in [6, 6.07) is 10.3. The molecular formula is C22H23BrN2O5. The Bertz CT molecular complexity index is 941. The lowest BCUT2D eigenvalue weighted by atomic mass is 10.1. The van der Waals surface area contributed by atoms with E-state index in [4.69, 9.17) is 9.47 Å². The zero-order chi connectivity index (χ0) is 21.7. The van der Waals surface area contributed by atoms with Crippen LogP contribution >= 0.6 is 15.9 Å². The number of unbranched alkanes of at least 4 members (excludes halogenated alkanes) is 2. The summed E-state index contributed by atoms with van der Waals surface area (Å²) >= 11 is 3.38. The molecule has 0 aliphatic carbocycles. The molecule has 0 radical (unpaired) electrons. The number of methoxy groups -OCH3 is 2. The van der Waals surface area contributed by atoms with Crippen molar-refractivity contribution in [1.82, 2.24) is 4.90 Å². The Labute approximate surface area is 183 Å². The van der Waals surface area contributed by atoms with E-state index in [1.165, 1.54) is 12.0 Å². The Balaban J connectivity index is 1.45. The standard InChI is InChI=1S/C22H23BrN2O5/c1-29-18-13-17(19(30-2)12-16(18)23)24-20(26)10-4-3-7-11-25-21(27)14-8-5-6-9-15(14)22(25)28/h5-6,8-9,12-13H,3-4,7,10-11H2,1-2H3,(H,24,26). The molecule has 0 atom stereocenters. The van der Waals surface area contributed by atoms with Gasteiger partial charge in [-0.15, -0.1) is 0 Å². The van der Waals surface area contributed by atoms with Gasteiger partial charge in [-0.3, -0.25) is 19.3 Å². The monoisotopic (exact) mass is 474 g/mol. The van der Waals surface area contributed by atoms with Crippen LogP contribution in [-0.4, -0.2) is 43.4 Å². The minimum atomic E-state index is -0.246. The summed E-state index contributed by atoms with van der Waals surface area (Å²) in [5.41, 5.74) is 1.45. The molecular weight excluding hydrogens is 452 g/mol. The van der Waals surface area contributed by atoms with Crippen LogP contribution in [0.25, 0.3) is 0 Å². The molecule has 1 aliphatic rings. The van der Waals surface area contributed by atoms with Gasteiger partial charge in [-0.1, -0.05) is 18.6 Å². The maximum Gasteiger partial charge on any atom is 0.261 e. The van der Waals surface area contributed by atoms with E-state index in [2.05, 4.69) is 21.2 Å². The third-order valence-electron chi connectivity index (χ3n) is 4.91. The van der Waals surface area contributed by atoms with E-state index in [1.807, 2.05) is 0 Å². The van der Waals surface area contributed by atoms with Gasteiger partial charge in [-0.25, -0.2) is 0 Å². The summed E-state index contributed by atoms with van der Waals surface area (Å²) in [6.45, 7) is 0.353. The molecule has 0 saturated carbocycles. The van der Waals surface area contributed by atoms with Gasteiger partial charge in [0.2, 0.25) is 5.91 Å². The summed E-state index contributed by atoms with van der Waals surface area (Å²) in [5.74, 6) is 0.487. The first-order valence-electron chi connectivity index (χ1n) is 9.63. The summed E-state index contributed by atoms with van der Waals surface area (Å²) in [7, 11) is 3.08. The van der Waals surface area contributed by atoms with Gasteiger partial charge in [0.1, 0.15) is 11.5 Å². The number of hydrogen-bond acceptors (Lipinski definition) is 5. The molecule has 30 heavy (non-hydrogen) atoms. The molecule has 0 bridgehead atoms. The maximum atomic E-state index is 12.3. The van der Waals surface area contributed by atoms with Crippen molar-refractivity contribution in [2.45, 2.75) is 25.7 Å². The third-order valence-corrected chi connectivity index (χ3v) is 5.53. The Morgan fingerprint density at radius 1 is 0.967 bits per heavy atom. The molecule has 8 heteroatoms. The number of carbonyl (C=O) groups excluding carboxylic acids is 3. The Kier molecular flexibility index (Phi) is 7.10. The van der Waals surface area contributed by atoms with E-state index in [1.54, 1.807) is 43.5 Å². The van der Waals surface area contributed by atoms with E-state index in [-0.39, 0.29) is 17.7 Å². The van der Waals surface area contributed by atoms with Crippen LogP contribution in [0.4, 0.5) is 5.69 Å². The van der Waals surface area contributed by atoms with E-state index < -0.39 is 0 Å². The maximum absolute atomic E-state index is 12.3. The van der Waals surface area contributed by atoms with Gasteiger partial charge in [-0.05, 0) is 40.9 Å². The van der Waals surface area contributed by atoms with E-state index >= 15 is 0 Å². The van der Waals surface area contributed by atoms with Crippen LogP contribution in [0.3, 0.4) is 0 Å². The molecule has 1 aliphatic heterocycles. The van der Waals surface area contributed by atoms with Crippen molar-refractivity contribution in [2.75, 3.05) is 26.1 Å². The number of benzene rings is 2. The third kappa shape index (κ3) is 4.64. The number of halogens is 1. The average molecular weight is 475 g/mol. The van der Waals surface area contributed by atoms with Gasteiger partial charge in [0, 0.05) is 25.1 Å². The molecule has 3 rings (SSSR count). The highest BCUT2D eigenvalue weighted by Gasteiger charge is 2.34. The van der Waals surface area contributed by atoms with Crippen molar-refractivity contribution in [1.29, 1.82) is 0 Å². The van der Waals surface area contributed by atoms with Crippen LogP contribution in [0.5, 0.6) is 11.5 Å². The molecule has 1 heterocycles. The van der Waals surface area contributed by atoms with Gasteiger partial charge < -0.3 is 14.8 Å². The zero-order valence-electron chi connectivity index (χ0n) is 16.9. The van der Waals surface area contributed by atoms with E-state index in [0.29, 0.717) is 54.1 Å². The highest BCUT2D eigenvalue weighted by Crippen LogP contribution is 2.36. The van der Waals surface area contributed by atoms with Crippen LogP contribution < -0.4 is 14.8 Å². The minimum absolute atomic E-state index is 0.140. The molecule has 0 unspecified atom stereocenters. The number of amides is 3. The highest BCUT2D eigenvalue weighted by molar-refractivity contribution is 9.10. The quantitative estimate of drug-likeness (QED) is 0.433. The lowest BCUT2D eigenvalue weighted by Crippen LogP contribution is -2.30. The average Bonchev–Trinajstić information content (AvgIpc) is 2.99. The number of hydrogen-bond donors (Lipinski definition) is 1. The second-order valence-corrected chi connectivity index (χ2v) is 7.71. The minimum Gasteiger partial charge on any atom is -0.495 e. The van der Waals surface area contributed by atoms with Gasteiger partial charge >= 0.3 is 0 Å². The van der Waals surface area contributed by atoms with Crippen molar-refractivity contribution in [3.8, 4) is 11.5 Å². The van der Waals surface area contributed by atoms with Gasteiger partial charge in [0.25, 0.3) is 11.8 Å². The number of ether oxygens (including phenoxy) is 2. The molecule has 7 nitrogen and oxygen atoms in total. The topological polar surface area (TPSA) is 84.9 Å². The molecule has 2 aromatic carbocycles. The smallest absolute Gasteiger partial charge is 0.261 e. The fourth-order valence-electron chi connectivity index (χ4n) is 3.35. The molecule has 0 saturated heterocycles. The first-order chi connectivity index (χ1) is 14.5. The Morgan fingerprint density at radius 2 is 1.60 bits per heavy atom. The van der Waals surface area contributed by atoms with Crippen molar-refractivity contribution in [2.24, 2.45) is 0 Å². The highest BCUT2D eigenvalue weighted by atomic mass is 79.9. The van der Waals surface area contributed by atoms with Crippen molar-refractivity contribution < 1.29 is 23.9 Å². The number of nitrogens with zero attached hydrogens (tertiary/aromatic N) is 1. The first kappa shape index (κ1) is 21.8. The van der Waals surface area contributed by atoms with Crippen LogP contribution in [0.15, 0.2) is 40.9 Å². The number of rotatable bonds is 9. The summed E-state index contributed by atoms with van der Waals surface area (Å²) < 4.78 is 11.3. The number of fused-ring (bicyclic) bond motifs is 1. The zero-order valence-corrected chi connectivity index (χ0v) is 18.5. The first-order valence-corrected chi connectivity index (χ1v) is 10.4. The normalized spacial score (nSPS) is 12.7. The Hall–Kier alpha value is -2.87. The van der Waals surface area contributed by atoms with E-state index in [9.17, 15) is 14.4 Å². The molecule has 158 valence electrons. The molecule has 3 amide bonds. The van der Waals surface area contributed by atoms with Gasteiger partial charge in [0.05, 0.1) is 35.5 Å². The number of carbonyl (C=O) groups is 3. The predicted molar refractivity (Wildman–Crippen MR) is 116 cm³/mol. The fraction of sp³-hybridized carbons (Fsp3) is 0.318. The fourth-order valence-corrected chi connectivity index (χ4v) is 3.83. The van der Waals surface area contributed by atoms with Crippen molar-refractivity contribution in [3.63, 3.8) is 0 Å². The predicted octanol–water partition coefficient (Wildman–Crippen LogP) is 4.26. The lowest BCUT2D eigenvalue weighted by Gasteiger charge is -2.14. The van der Waals surface area contributed by atoms with Crippen LogP contribution in [-0.2, 0) is 4.79 Å². The van der Waals surface area contributed by atoms with Crippen molar-refractivity contribution in [3.05, 3.63) is 52.0 Å². The molecule has 0 spiro atoms.